The Morgan fingerprint density at radius 2 is 2.05 bits per heavy atom. The Morgan fingerprint density at radius 1 is 1.26 bits per heavy atom. The van der Waals surface area contributed by atoms with Gasteiger partial charge in [-0.25, -0.2) is 0 Å². The molecule has 2 aromatic heterocycles. The van der Waals surface area contributed by atoms with Gasteiger partial charge in [0.1, 0.15) is 5.82 Å². The van der Waals surface area contributed by atoms with Gasteiger partial charge in [-0.2, -0.15) is 0 Å². The molecule has 3 rings (SSSR count). The summed E-state index contributed by atoms with van der Waals surface area (Å²) in [5.74, 6) is 2.89. The van der Waals surface area contributed by atoms with Crippen molar-refractivity contribution in [2.24, 2.45) is 0 Å². The fourth-order valence-electron chi connectivity index (χ4n) is 2.16. The predicted octanol–water partition coefficient (Wildman–Crippen LogP) is 2.91. The monoisotopic (exact) mass is 274 g/mol. The number of hydrogen-bond acceptors (Lipinski definition) is 4. The van der Waals surface area contributed by atoms with Crippen molar-refractivity contribution in [1.29, 1.82) is 0 Å². The van der Waals surface area contributed by atoms with Gasteiger partial charge in [-0.3, -0.25) is 4.98 Å². The van der Waals surface area contributed by atoms with E-state index in [0.29, 0.717) is 5.92 Å². The molecule has 0 aliphatic heterocycles. The topological polar surface area (TPSA) is 43.6 Å². The molecule has 1 saturated carbocycles. The molecule has 2 heterocycles. The predicted molar refractivity (Wildman–Crippen MR) is 76.3 cm³/mol. The van der Waals surface area contributed by atoms with Crippen molar-refractivity contribution in [1.82, 2.24) is 19.7 Å². The third-order valence-corrected chi connectivity index (χ3v) is 4.34. The van der Waals surface area contributed by atoms with Crippen LogP contribution in [-0.4, -0.2) is 25.5 Å². The minimum absolute atomic E-state index is 0.669. The van der Waals surface area contributed by atoms with Gasteiger partial charge >= 0.3 is 0 Å². The van der Waals surface area contributed by atoms with Crippen LogP contribution in [0, 0.1) is 0 Å². The molecule has 1 aliphatic rings. The molecule has 0 N–H and O–H groups in total. The Hall–Kier alpha value is -1.36. The van der Waals surface area contributed by atoms with E-state index in [-0.39, 0.29) is 0 Å². The van der Waals surface area contributed by atoms with E-state index in [2.05, 4.69) is 38.8 Å². The van der Waals surface area contributed by atoms with Crippen molar-refractivity contribution in [2.75, 3.05) is 5.75 Å². The molecule has 1 fully saturated rings. The SMILES string of the molecule is CCn1c(SCCc2ccncc2)nnc1C1CC1. The van der Waals surface area contributed by atoms with Gasteiger partial charge in [-0.1, -0.05) is 11.8 Å². The lowest BCUT2D eigenvalue weighted by Crippen LogP contribution is -2.02. The van der Waals surface area contributed by atoms with E-state index >= 15 is 0 Å². The van der Waals surface area contributed by atoms with E-state index in [9.17, 15) is 0 Å². The van der Waals surface area contributed by atoms with Gasteiger partial charge in [0, 0.05) is 30.6 Å². The average Bonchev–Trinajstić information content (AvgIpc) is 3.21. The Bertz CT molecular complexity index is 534. The molecule has 0 bridgehead atoms. The molecule has 2 aromatic rings. The van der Waals surface area contributed by atoms with E-state index in [1.807, 2.05) is 12.4 Å². The summed E-state index contributed by atoms with van der Waals surface area (Å²) in [5, 5.41) is 9.77. The molecule has 100 valence electrons. The summed E-state index contributed by atoms with van der Waals surface area (Å²) in [5.41, 5.74) is 1.33. The van der Waals surface area contributed by atoms with E-state index in [0.717, 1.165) is 23.9 Å². The van der Waals surface area contributed by atoms with Gasteiger partial charge < -0.3 is 4.57 Å². The van der Waals surface area contributed by atoms with E-state index in [4.69, 9.17) is 0 Å². The van der Waals surface area contributed by atoms with Crippen molar-refractivity contribution >= 4 is 11.8 Å². The summed E-state index contributed by atoms with van der Waals surface area (Å²) in [6.07, 6.45) is 7.29. The largest absolute Gasteiger partial charge is 0.306 e. The molecule has 5 heteroatoms. The smallest absolute Gasteiger partial charge is 0.191 e. The Balaban J connectivity index is 1.60. The Labute approximate surface area is 117 Å². The molecule has 0 aromatic carbocycles. The van der Waals surface area contributed by atoms with Crippen molar-refractivity contribution in [3.63, 3.8) is 0 Å². The van der Waals surface area contributed by atoms with E-state index < -0.39 is 0 Å². The normalized spacial score (nSPS) is 14.8. The van der Waals surface area contributed by atoms with E-state index in [1.165, 1.54) is 24.2 Å². The zero-order valence-corrected chi connectivity index (χ0v) is 11.9. The van der Waals surface area contributed by atoms with Crippen LogP contribution < -0.4 is 0 Å². The highest BCUT2D eigenvalue weighted by molar-refractivity contribution is 7.99. The molecular weight excluding hydrogens is 256 g/mol. The van der Waals surface area contributed by atoms with Crippen molar-refractivity contribution in [2.45, 2.75) is 43.8 Å². The Morgan fingerprint density at radius 3 is 2.74 bits per heavy atom. The minimum atomic E-state index is 0.669. The summed E-state index contributed by atoms with van der Waals surface area (Å²) in [6, 6.07) is 4.14. The van der Waals surface area contributed by atoms with Crippen LogP contribution in [0.25, 0.3) is 0 Å². The molecule has 0 amide bonds. The lowest BCUT2D eigenvalue weighted by molar-refractivity contribution is 0.643. The quantitative estimate of drug-likeness (QED) is 0.760. The van der Waals surface area contributed by atoms with Crippen LogP contribution in [0.3, 0.4) is 0 Å². The number of aryl methyl sites for hydroxylation is 1. The summed E-state index contributed by atoms with van der Waals surface area (Å²) < 4.78 is 2.27. The summed E-state index contributed by atoms with van der Waals surface area (Å²) in [4.78, 5) is 4.04. The van der Waals surface area contributed by atoms with Crippen LogP contribution in [0.1, 0.15) is 37.1 Å². The second-order valence-electron chi connectivity index (χ2n) is 4.81. The highest BCUT2D eigenvalue weighted by Crippen LogP contribution is 2.39. The summed E-state index contributed by atoms with van der Waals surface area (Å²) in [7, 11) is 0. The van der Waals surface area contributed by atoms with Crippen LogP contribution in [-0.2, 0) is 13.0 Å². The number of nitrogens with zero attached hydrogens (tertiary/aromatic N) is 4. The minimum Gasteiger partial charge on any atom is -0.306 e. The van der Waals surface area contributed by atoms with Crippen LogP contribution in [0.5, 0.6) is 0 Å². The van der Waals surface area contributed by atoms with Gasteiger partial charge in [-0.05, 0) is 43.9 Å². The fourth-order valence-corrected chi connectivity index (χ4v) is 3.15. The van der Waals surface area contributed by atoms with Crippen LogP contribution in [0.2, 0.25) is 0 Å². The third kappa shape index (κ3) is 2.97. The second-order valence-corrected chi connectivity index (χ2v) is 5.88. The van der Waals surface area contributed by atoms with Gasteiger partial charge in [0.2, 0.25) is 0 Å². The number of rotatable bonds is 6. The second kappa shape index (κ2) is 5.74. The summed E-state index contributed by atoms with van der Waals surface area (Å²) in [6.45, 7) is 3.14. The third-order valence-electron chi connectivity index (χ3n) is 3.38. The van der Waals surface area contributed by atoms with Gasteiger partial charge in [0.05, 0.1) is 0 Å². The first-order chi connectivity index (χ1) is 9.38. The molecule has 0 saturated heterocycles. The number of hydrogen-bond donors (Lipinski definition) is 0. The summed E-state index contributed by atoms with van der Waals surface area (Å²) >= 11 is 1.80. The lowest BCUT2D eigenvalue weighted by atomic mass is 10.2. The molecular formula is C14H18N4S. The van der Waals surface area contributed by atoms with Crippen LogP contribution in [0.4, 0.5) is 0 Å². The molecule has 0 radical (unpaired) electrons. The zero-order valence-electron chi connectivity index (χ0n) is 11.1. The van der Waals surface area contributed by atoms with E-state index in [1.54, 1.807) is 11.8 Å². The van der Waals surface area contributed by atoms with Gasteiger partial charge in [-0.15, -0.1) is 10.2 Å². The van der Waals surface area contributed by atoms with Crippen molar-refractivity contribution in [3.8, 4) is 0 Å². The van der Waals surface area contributed by atoms with Gasteiger partial charge in [0.25, 0.3) is 0 Å². The molecule has 19 heavy (non-hydrogen) atoms. The fraction of sp³-hybridized carbons (Fsp3) is 0.500. The molecule has 0 unspecified atom stereocenters. The average molecular weight is 274 g/mol. The van der Waals surface area contributed by atoms with Crippen molar-refractivity contribution in [3.05, 3.63) is 35.9 Å². The maximum absolute atomic E-state index is 4.36. The van der Waals surface area contributed by atoms with Crippen LogP contribution in [0.15, 0.2) is 29.7 Å². The first-order valence-corrected chi connectivity index (χ1v) is 7.82. The first kappa shape index (κ1) is 12.7. The Kier molecular flexibility index (Phi) is 3.82. The highest BCUT2D eigenvalue weighted by atomic mass is 32.2. The maximum atomic E-state index is 4.36. The standard InChI is InChI=1S/C14H18N4S/c1-2-18-13(12-3-4-12)16-17-14(18)19-10-7-11-5-8-15-9-6-11/h5-6,8-9,12H,2-4,7,10H2,1H3. The maximum Gasteiger partial charge on any atom is 0.191 e. The zero-order chi connectivity index (χ0) is 13.1. The number of pyridine rings is 1. The number of aromatic nitrogens is 4. The molecule has 0 spiro atoms. The molecule has 1 aliphatic carbocycles. The molecule has 4 nitrogen and oxygen atoms in total. The first-order valence-electron chi connectivity index (χ1n) is 6.83. The highest BCUT2D eigenvalue weighted by Gasteiger charge is 2.29. The van der Waals surface area contributed by atoms with Crippen molar-refractivity contribution < 1.29 is 0 Å². The lowest BCUT2D eigenvalue weighted by Gasteiger charge is -2.06. The van der Waals surface area contributed by atoms with Crippen LogP contribution >= 0.6 is 11.8 Å². The number of thioether (sulfide) groups is 1. The molecule has 0 atom stereocenters. The van der Waals surface area contributed by atoms with Gasteiger partial charge in [0.15, 0.2) is 5.16 Å².